The summed E-state index contributed by atoms with van der Waals surface area (Å²) in [7, 11) is 0. The van der Waals surface area contributed by atoms with E-state index in [-0.39, 0.29) is 30.7 Å². The average molecular weight is 477 g/mol. The van der Waals surface area contributed by atoms with Gasteiger partial charge in [-0.1, -0.05) is 42.5 Å². The zero-order valence-electron chi connectivity index (χ0n) is 19.3. The molecule has 0 saturated carbocycles. The summed E-state index contributed by atoms with van der Waals surface area (Å²) in [4.78, 5) is 23.0. The van der Waals surface area contributed by atoms with Gasteiger partial charge in [-0.3, -0.25) is 14.7 Å². The molecule has 2 aromatic carbocycles. The van der Waals surface area contributed by atoms with Crippen molar-refractivity contribution >= 4 is 5.91 Å². The van der Waals surface area contributed by atoms with E-state index in [0.29, 0.717) is 24.4 Å². The highest BCUT2D eigenvalue weighted by atomic mass is 19.1. The van der Waals surface area contributed by atoms with Gasteiger partial charge < -0.3 is 9.73 Å². The predicted octanol–water partition coefficient (Wildman–Crippen LogP) is 5.08. The molecule has 4 aromatic rings. The van der Waals surface area contributed by atoms with Crippen molar-refractivity contribution in [2.75, 3.05) is 6.54 Å². The van der Waals surface area contributed by atoms with E-state index in [2.05, 4.69) is 15.3 Å². The van der Waals surface area contributed by atoms with E-state index in [1.807, 2.05) is 60.4 Å². The largest absolute Gasteiger partial charge is 0.447 e. The molecule has 0 unspecified atom stereocenters. The smallest absolute Gasteiger partial charge is 0.273 e. The summed E-state index contributed by atoms with van der Waals surface area (Å²) in [5, 5.41) is 2.82. The van der Waals surface area contributed by atoms with Crippen LogP contribution in [0, 0.1) is 11.6 Å². The molecule has 0 aliphatic carbocycles. The Balaban J connectivity index is 1.45. The topological polar surface area (TPSA) is 71.3 Å². The second-order valence-electron chi connectivity index (χ2n) is 8.18. The molecule has 0 saturated heterocycles. The standard InChI is InChI=1S/C27H26F2N4O2/c1-19(20-7-3-2-4-8-20)33(16-21-10-11-22(28)15-24(21)29)17-26-32-25(18-35-26)27(34)31-14-12-23-9-5-6-13-30-23/h2-11,13,15,18-19H,12,14,16-17H2,1H3,(H,31,34)/t19-/m1/s1. The van der Waals surface area contributed by atoms with Crippen molar-refractivity contribution in [2.24, 2.45) is 0 Å². The maximum Gasteiger partial charge on any atom is 0.273 e. The van der Waals surface area contributed by atoms with Crippen LogP contribution in [-0.4, -0.2) is 27.3 Å². The van der Waals surface area contributed by atoms with Gasteiger partial charge in [0.05, 0.1) is 6.54 Å². The second-order valence-corrected chi connectivity index (χ2v) is 8.18. The number of nitrogens with one attached hydrogen (secondary N) is 1. The molecule has 0 spiro atoms. The third-order valence-corrected chi connectivity index (χ3v) is 5.73. The molecular formula is C27H26F2N4O2. The number of oxazole rings is 1. The molecule has 2 aromatic heterocycles. The number of carbonyl (C=O) groups excluding carboxylic acids is 1. The second kappa shape index (κ2) is 11.5. The summed E-state index contributed by atoms with van der Waals surface area (Å²) in [5.74, 6) is -1.26. The van der Waals surface area contributed by atoms with Crippen molar-refractivity contribution in [1.82, 2.24) is 20.2 Å². The monoisotopic (exact) mass is 476 g/mol. The molecule has 6 nitrogen and oxygen atoms in total. The van der Waals surface area contributed by atoms with Crippen molar-refractivity contribution in [3.05, 3.63) is 119 Å². The van der Waals surface area contributed by atoms with Gasteiger partial charge in [0, 0.05) is 49.1 Å². The number of hydrogen-bond acceptors (Lipinski definition) is 5. The lowest BCUT2D eigenvalue weighted by atomic mass is 10.1. The Bertz CT molecular complexity index is 1250. The first kappa shape index (κ1) is 24.2. The highest BCUT2D eigenvalue weighted by molar-refractivity contribution is 5.91. The zero-order chi connectivity index (χ0) is 24.6. The van der Waals surface area contributed by atoms with Crippen LogP contribution in [0.3, 0.4) is 0 Å². The molecule has 1 atom stereocenters. The summed E-state index contributed by atoms with van der Waals surface area (Å²) in [6.45, 7) is 2.84. The van der Waals surface area contributed by atoms with E-state index >= 15 is 0 Å². The Labute approximate surface area is 202 Å². The van der Waals surface area contributed by atoms with Crippen molar-refractivity contribution < 1.29 is 18.0 Å². The minimum Gasteiger partial charge on any atom is -0.447 e. The molecule has 4 rings (SSSR count). The molecule has 2 heterocycles. The maximum atomic E-state index is 14.4. The Morgan fingerprint density at radius 1 is 1.06 bits per heavy atom. The van der Waals surface area contributed by atoms with Crippen LogP contribution >= 0.6 is 0 Å². The van der Waals surface area contributed by atoms with Gasteiger partial charge in [-0.15, -0.1) is 0 Å². The number of aromatic nitrogens is 2. The fourth-order valence-electron chi connectivity index (χ4n) is 3.74. The van der Waals surface area contributed by atoms with Crippen LogP contribution in [0.4, 0.5) is 8.78 Å². The lowest BCUT2D eigenvalue weighted by Gasteiger charge is -2.28. The van der Waals surface area contributed by atoms with Gasteiger partial charge in [-0.05, 0) is 30.7 Å². The molecule has 1 amide bonds. The van der Waals surface area contributed by atoms with Gasteiger partial charge >= 0.3 is 0 Å². The van der Waals surface area contributed by atoms with E-state index in [4.69, 9.17) is 4.42 Å². The van der Waals surface area contributed by atoms with Gasteiger partial charge in [0.1, 0.15) is 17.9 Å². The van der Waals surface area contributed by atoms with Crippen molar-refractivity contribution in [3.63, 3.8) is 0 Å². The molecule has 0 aliphatic heterocycles. The van der Waals surface area contributed by atoms with E-state index in [1.54, 1.807) is 6.20 Å². The summed E-state index contributed by atoms with van der Waals surface area (Å²) < 4.78 is 33.4. The van der Waals surface area contributed by atoms with Crippen molar-refractivity contribution in [1.29, 1.82) is 0 Å². The molecule has 8 heteroatoms. The molecule has 35 heavy (non-hydrogen) atoms. The average Bonchev–Trinajstić information content (AvgIpc) is 3.34. The summed E-state index contributed by atoms with van der Waals surface area (Å²) in [5.41, 5.74) is 2.43. The van der Waals surface area contributed by atoms with Crippen molar-refractivity contribution in [2.45, 2.75) is 32.5 Å². The van der Waals surface area contributed by atoms with Gasteiger partial charge in [-0.25, -0.2) is 13.8 Å². The van der Waals surface area contributed by atoms with E-state index < -0.39 is 11.6 Å². The zero-order valence-corrected chi connectivity index (χ0v) is 19.3. The highest BCUT2D eigenvalue weighted by Gasteiger charge is 2.21. The number of amides is 1. The number of halogens is 2. The lowest BCUT2D eigenvalue weighted by Crippen LogP contribution is -2.28. The quantitative estimate of drug-likeness (QED) is 0.346. The first-order valence-electron chi connectivity index (χ1n) is 11.3. The molecular weight excluding hydrogens is 450 g/mol. The van der Waals surface area contributed by atoms with E-state index in [1.165, 1.54) is 18.4 Å². The Morgan fingerprint density at radius 2 is 1.86 bits per heavy atom. The molecule has 1 N–H and O–H groups in total. The third kappa shape index (κ3) is 6.58. The summed E-state index contributed by atoms with van der Waals surface area (Å²) >= 11 is 0. The Kier molecular flexibility index (Phi) is 7.95. The van der Waals surface area contributed by atoms with Crippen LogP contribution in [0.25, 0.3) is 0 Å². The summed E-state index contributed by atoms with van der Waals surface area (Å²) in [6, 6.07) is 18.8. The number of benzene rings is 2. The normalized spacial score (nSPS) is 12.0. The first-order chi connectivity index (χ1) is 17.0. The molecule has 180 valence electrons. The molecule has 0 aliphatic rings. The number of carbonyl (C=O) groups is 1. The third-order valence-electron chi connectivity index (χ3n) is 5.73. The maximum absolute atomic E-state index is 14.4. The van der Waals surface area contributed by atoms with Gasteiger partial charge in [0.2, 0.25) is 5.89 Å². The van der Waals surface area contributed by atoms with Gasteiger partial charge in [0.25, 0.3) is 5.91 Å². The van der Waals surface area contributed by atoms with Crippen LogP contribution in [0.15, 0.2) is 83.6 Å². The Hall–Kier alpha value is -3.91. The van der Waals surface area contributed by atoms with Crippen molar-refractivity contribution in [3.8, 4) is 0 Å². The van der Waals surface area contributed by atoms with Gasteiger partial charge in [-0.2, -0.15) is 0 Å². The van der Waals surface area contributed by atoms with E-state index in [9.17, 15) is 13.6 Å². The predicted molar refractivity (Wildman–Crippen MR) is 127 cm³/mol. The minimum absolute atomic E-state index is 0.122. The molecule has 0 radical (unpaired) electrons. The fraction of sp³-hybridized carbons (Fsp3) is 0.222. The van der Waals surface area contributed by atoms with Crippen LogP contribution in [0.1, 0.15) is 46.2 Å². The lowest BCUT2D eigenvalue weighted by molar-refractivity contribution is 0.0949. The van der Waals surface area contributed by atoms with Crippen LogP contribution in [0.5, 0.6) is 0 Å². The first-order valence-corrected chi connectivity index (χ1v) is 11.3. The fourth-order valence-corrected chi connectivity index (χ4v) is 3.74. The Morgan fingerprint density at radius 3 is 2.60 bits per heavy atom. The van der Waals surface area contributed by atoms with Crippen LogP contribution in [-0.2, 0) is 19.5 Å². The molecule has 0 bridgehead atoms. The minimum atomic E-state index is -0.625. The number of hydrogen-bond donors (Lipinski definition) is 1. The molecule has 0 fully saturated rings. The van der Waals surface area contributed by atoms with Crippen LogP contribution in [0.2, 0.25) is 0 Å². The number of rotatable bonds is 10. The van der Waals surface area contributed by atoms with Crippen LogP contribution < -0.4 is 5.32 Å². The van der Waals surface area contributed by atoms with Gasteiger partial charge in [0.15, 0.2) is 5.69 Å². The SMILES string of the molecule is C[C@H](c1ccccc1)N(Cc1nc(C(=O)NCCc2ccccn2)co1)Cc1ccc(F)cc1F. The van der Waals surface area contributed by atoms with E-state index in [0.717, 1.165) is 17.3 Å². The number of pyridine rings is 1. The number of nitrogens with zero attached hydrogens (tertiary/aromatic N) is 3. The summed E-state index contributed by atoms with van der Waals surface area (Å²) in [6.07, 6.45) is 3.62. The highest BCUT2D eigenvalue weighted by Crippen LogP contribution is 2.25.